The molecule has 0 radical (unpaired) electrons. The van der Waals surface area contributed by atoms with Gasteiger partial charge in [0.05, 0.1) is 0 Å². The molecule has 1 fully saturated rings. The SMILES string of the molecule is C1CCOC1.CCC(C)=O.CCC(C)=O. The highest BCUT2D eigenvalue weighted by molar-refractivity contribution is 5.75. The molecule has 0 unspecified atom stereocenters. The van der Waals surface area contributed by atoms with E-state index in [1.807, 2.05) is 13.8 Å². The van der Waals surface area contributed by atoms with Crippen molar-refractivity contribution in [2.75, 3.05) is 13.2 Å². The highest BCUT2D eigenvalue weighted by Crippen LogP contribution is 1.98. The van der Waals surface area contributed by atoms with Crippen LogP contribution < -0.4 is 0 Å². The molecule has 1 heterocycles. The summed E-state index contributed by atoms with van der Waals surface area (Å²) in [5.74, 6) is 0.509. The van der Waals surface area contributed by atoms with E-state index in [1.165, 1.54) is 12.8 Å². The zero-order valence-electron chi connectivity index (χ0n) is 10.5. The van der Waals surface area contributed by atoms with Gasteiger partial charge in [-0.2, -0.15) is 0 Å². The van der Waals surface area contributed by atoms with Crippen LogP contribution in [0.2, 0.25) is 0 Å². The smallest absolute Gasteiger partial charge is 0.129 e. The van der Waals surface area contributed by atoms with E-state index in [9.17, 15) is 9.59 Å². The van der Waals surface area contributed by atoms with E-state index in [1.54, 1.807) is 13.8 Å². The monoisotopic (exact) mass is 216 g/mol. The summed E-state index contributed by atoms with van der Waals surface area (Å²) in [4.78, 5) is 19.6. The van der Waals surface area contributed by atoms with Gasteiger partial charge in [-0.05, 0) is 26.7 Å². The normalized spacial score (nSPS) is 13.1. The van der Waals surface area contributed by atoms with E-state index in [0.717, 1.165) is 13.2 Å². The molecule has 15 heavy (non-hydrogen) atoms. The molecule has 0 bridgehead atoms. The van der Waals surface area contributed by atoms with Gasteiger partial charge in [-0.1, -0.05) is 13.8 Å². The summed E-state index contributed by atoms with van der Waals surface area (Å²) in [6, 6.07) is 0. The predicted molar refractivity (Wildman–Crippen MR) is 62.0 cm³/mol. The van der Waals surface area contributed by atoms with Crippen LogP contribution in [0.5, 0.6) is 0 Å². The van der Waals surface area contributed by atoms with Gasteiger partial charge in [0.25, 0.3) is 0 Å². The fourth-order valence-electron chi connectivity index (χ4n) is 0.510. The van der Waals surface area contributed by atoms with Gasteiger partial charge in [-0.3, -0.25) is 0 Å². The molecule has 0 aromatic carbocycles. The number of Topliss-reactive ketones (excluding diaryl/α,β-unsaturated/α-hetero) is 2. The summed E-state index contributed by atoms with van der Waals surface area (Å²) < 4.78 is 4.94. The number of carbonyl (C=O) groups is 2. The number of carbonyl (C=O) groups excluding carboxylic acids is 2. The number of ether oxygens (including phenoxy) is 1. The average Bonchev–Trinajstić information content (AvgIpc) is 2.76. The fourth-order valence-corrected chi connectivity index (χ4v) is 0.510. The van der Waals surface area contributed by atoms with Crippen molar-refractivity contribution in [2.24, 2.45) is 0 Å². The van der Waals surface area contributed by atoms with Gasteiger partial charge < -0.3 is 14.3 Å². The van der Waals surface area contributed by atoms with Crippen molar-refractivity contribution in [3.63, 3.8) is 0 Å². The molecule has 3 heteroatoms. The quantitative estimate of drug-likeness (QED) is 0.713. The van der Waals surface area contributed by atoms with Gasteiger partial charge in [-0.25, -0.2) is 0 Å². The Balaban J connectivity index is 0. The highest BCUT2D eigenvalue weighted by Gasteiger charge is 1.94. The molecule has 1 saturated heterocycles. The molecule has 0 aliphatic carbocycles. The minimum atomic E-state index is 0.255. The van der Waals surface area contributed by atoms with Crippen molar-refractivity contribution in [3.05, 3.63) is 0 Å². The van der Waals surface area contributed by atoms with Crippen molar-refractivity contribution >= 4 is 11.6 Å². The van der Waals surface area contributed by atoms with Crippen molar-refractivity contribution < 1.29 is 14.3 Å². The predicted octanol–water partition coefficient (Wildman–Crippen LogP) is 2.77. The number of hydrogen-bond donors (Lipinski definition) is 0. The molecular weight excluding hydrogens is 192 g/mol. The Hall–Kier alpha value is -0.700. The summed E-state index contributed by atoms with van der Waals surface area (Å²) in [6.07, 6.45) is 3.89. The van der Waals surface area contributed by atoms with Crippen LogP contribution in [0.15, 0.2) is 0 Å². The molecular formula is C12H24O3. The Bertz CT molecular complexity index is 139. The molecule has 0 spiro atoms. The Kier molecular flexibility index (Phi) is 14.8. The van der Waals surface area contributed by atoms with Crippen molar-refractivity contribution in [2.45, 2.75) is 53.4 Å². The maximum absolute atomic E-state index is 9.81. The molecule has 1 aliphatic rings. The lowest BCUT2D eigenvalue weighted by molar-refractivity contribution is -0.117. The zero-order chi connectivity index (χ0) is 12.1. The molecule has 1 aliphatic heterocycles. The Morgan fingerprint density at radius 1 is 0.933 bits per heavy atom. The zero-order valence-corrected chi connectivity index (χ0v) is 10.5. The van der Waals surface area contributed by atoms with Crippen LogP contribution in [0, 0.1) is 0 Å². The summed E-state index contributed by atoms with van der Waals surface area (Å²) in [5, 5.41) is 0. The molecule has 0 atom stereocenters. The molecule has 0 aromatic rings. The van der Waals surface area contributed by atoms with Crippen LogP contribution in [0.25, 0.3) is 0 Å². The second-order valence-corrected chi connectivity index (χ2v) is 3.43. The third kappa shape index (κ3) is 24.7. The summed E-state index contributed by atoms with van der Waals surface area (Å²) >= 11 is 0. The van der Waals surface area contributed by atoms with Crippen molar-refractivity contribution in [3.8, 4) is 0 Å². The van der Waals surface area contributed by atoms with Crippen LogP contribution in [-0.4, -0.2) is 24.8 Å². The molecule has 1 rings (SSSR count). The third-order valence-electron chi connectivity index (χ3n) is 1.82. The molecule has 0 saturated carbocycles. The van der Waals surface area contributed by atoms with Crippen LogP contribution in [-0.2, 0) is 14.3 Å². The van der Waals surface area contributed by atoms with Crippen molar-refractivity contribution in [1.82, 2.24) is 0 Å². The van der Waals surface area contributed by atoms with Gasteiger partial charge in [0.2, 0.25) is 0 Å². The first-order valence-electron chi connectivity index (χ1n) is 5.61. The van der Waals surface area contributed by atoms with Crippen molar-refractivity contribution in [1.29, 1.82) is 0 Å². The van der Waals surface area contributed by atoms with Gasteiger partial charge in [-0.15, -0.1) is 0 Å². The first kappa shape index (κ1) is 16.7. The average molecular weight is 216 g/mol. The number of hydrogen-bond acceptors (Lipinski definition) is 3. The first-order valence-corrected chi connectivity index (χ1v) is 5.61. The van der Waals surface area contributed by atoms with E-state index in [0.29, 0.717) is 12.8 Å². The minimum absolute atomic E-state index is 0.255. The summed E-state index contributed by atoms with van der Waals surface area (Å²) in [7, 11) is 0. The first-order chi connectivity index (χ1) is 7.04. The number of rotatable bonds is 2. The van der Waals surface area contributed by atoms with Crippen LogP contribution in [0.3, 0.4) is 0 Å². The van der Waals surface area contributed by atoms with E-state index in [-0.39, 0.29) is 11.6 Å². The number of ketones is 2. The summed E-state index contributed by atoms with van der Waals surface area (Å²) in [6.45, 7) is 8.87. The van der Waals surface area contributed by atoms with E-state index >= 15 is 0 Å². The lowest BCUT2D eigenvalue weighted by Gasteiger charge is -1.76. The van der Waals surface area contributed by atoms with E-state index < -0.39 is 0 Å². The molecule has 90 valence electrons. The lowest BCUT2D eigenvalue weighted by Crippen LogP contribution is -1.80. The standard InChI is InChI=1S/3C4H8O/c1-2-4-5-3-1;2*1-3-4(2)5/h1-4H2;2*3H2,1-2H3. The fraction of sp³-hybridized carbons (Fsp3) is 0.833. The maximum Gasteiger partial charge on any atom is 0.129 e. The Morgan fingerprint density at radius 2 is 1.20 bits per heavy atom. The van der Waals surface area contributed by atoms with Gasteiger partial charge >= 0.3 is 0 Å². The van der Waals surface area contributed by atoms with Gasteiger partial charge in [0.15, 0.2) is 0 Å². The second kappa shape index (κ2) is 13.3. The minimum Gasteiger partial charge on any atom is -0.381 e. The van der Waals surface area contributed by atoms with E-state index in [2.05, 4.69) is 0 Å². The molecule has 0 aromatic heterocycles. The van der Waals surface area contributed by atoms with Gasteiger partial charge in [0.1, 0.15) is 11.6 Å². The molecule has 0 N–H and O–H groups in total. The lowest BCUT2D eigenvalue weighted by atomic mass is 10.4. The van der Waals surface area contributed by atoms with Crippen LogP contribution in [0.4, 0.5) is 0 Å². The largest absolute Gasteiger partial charge is 0.381 e. The molecule has 0 amide bonds. The van der Waals surface area contributed by atoms with Crippen LogP contribution >= 0.6 is 0 Å². The van der Waals surface area contributed by atoms with Crippen LogP contribution in [0.1, 0.15) is 53.4 Å². The molecule has 3 nitrogen and oxygen atoms in total. The highest BCUT2D eigenvalue weighted by atomic mass is 16.5. The summed E-state index contributed by atoms with van der Waals surface area (Å²) in [5.41, 5.74) is 0. The Labute approximate surface area is 93.2 Å². The third-order valence-corrected chi connectivity index (χ3v) is 1.82. The van der Waals surface area contributed by atoms with Gasteiger partial charge in [0, 0.05) is 26.1 Å². The maximum atomic E-state index is 9.81. The topological polar surface area (TPSA) is 43.4 Å². The Morgan fingerprint density at radius 3 is 1.27 bits per heavy atom. The van der Waals surface area contributed by atoms with E-state index in [4.69, 9.17) is 4.74 Å². The second-order valence-electron chi connectivity index (χ2n) is 3.43.